The number of methoxy groups -OCH3 is 2. The predicted molar refractivity (Wildman–Crippen MR) is 146 cm³/mol. The summed E-state index contributed by atoms with van der Waals surface area (Å²) in [5.41, 5.74) is 2.52. The first-order chi connectivity index (χ1) is 18.3. The molecule has 38 heavy (non-hydrogen) atoms. The summed E-state index contributed by atoms with van der Waals surface area (Å²) in [5.74, 6) is 0.649. The normalized spacial score (nSPS) is 19.6. The number of ether oxygens (including phenoxy) is 4. The molecule has 1 aromatic rings. The highest BCUT2D eigenvalue weighted by Gasteiger charge is 2.41. The lowest BCUT2D eigenvalue weighted by atomic mass is 9.93. The molecule has 0 aliphatic carbocycles. The van der Waals surface area contributed by atoms with Gasteiger partial charge in [-0.05, 0) is 43.9 Å². The van der Waals surface area contributed by atoms with Gasteiger partial charge < -0.3 is 29.2 Å². The predicted octanol–water partition coefficient (Wildman–Crippen LogP) is 3.07. The average molecular weight is 545 g/mol. The van der Waals surface area contributed by atoms with Gasteiger partial charge in [0.05, 0.1) is 57.3 Å². The summed E-state index contributed by atoms with van der Waals surface area (Å²) < 4.78 is 22.0. The number of morpholine rings is 1. The highest BCUT2D eigenvalue weighted by atomic mass is 32.2. The van der Waals surface area contributed by atoms with Gasteiger partial charge >= 0.3 is 5.97 Å². The van der Waals surface area contributed by atoms with Crippen LogP contribution in [0.5, 0.6) is 11.5 Å². The van der Waals surface area contributed by atoms with E-state index in [1.54, 1.807) is 20.3 Å². The van der Waals surface area contributed by atoms with Crippen molar-refractivity contribution in [2.45, 2.75) is 39.3 Å². The Morgan fingerprint density at radius 3 is 2.47 bits per heavy atom. The second-order valence-electron chi connectivity index (χ2n) is 9.47. The molecule has 1 atom stereocenters. The average Bonchev–Trinajstić information content (AvgIpc) is 3.29. The van der Waals surface area contributed by atoms with Gasteiger partial charge in [0.2, 0.25) is 5.91 Å². The summed E-state index contributed by atoms with van der Waals surface area (Å²) in [7, 11) is 3.17. The Bertz CT molecular complexity index is 1120. The Kier molecular flexibility index (Phi) is 9.35. The first kappa shape index (κ1) is 28.0. The van der Waals surface area contributed by atoms with E-state index in [0.29, 0.717) is 34.5 Å². The van der Waals surface area contributed by atoms with Crippen LogP contribution in [0.3, 0.4) is 0 Å². The number of carbonyl (C=O) groups is 2. The number of esters is 1. The van der Waals surface area contributed by atoms with Crippen molar-refractivity contribution in [1.82, 2.24) is 15.1 Å². The number of nitrogens with one attached hydrogen (secondary N) is 1. The van der Waals surface area contributed by atoms with E-state index in [0.717, 1.165) is 44.1 Å². The van der Waals surface area contributed by atoms with Gasteiger partial charge in [-0.25, -0.2) is 9.79 Å². The van der Waals surface area contributed by atoms with Gasteiger partial charge in [0.25, 0.3) is 0 Å². The second kappa shape index (κ2) is 12.7. The number of amidine groups is 1. The minimum Gasteiger partial charge on any atom is -0.497 e. The summed E-state index contributed by atoms with van der Waals surface area (Å²) in [4.78, 5) is 35.3. The molecule has 1 fully saturated rings. The fourth-order valence-corrected chi connectivity index (χ4v) is 5.58. The molecule has 11 heteroatoms. The molecular formula is C27H36N4O6S. The number of hydrogen-bond donors (Lipinski definition) is 1. The van der Waals surface area contributed by atoms with Crippen molar-refractivity contribution < 1.29 is 28.5 Å². The van der Waals surface area contributed by atoms with Crippen LogP contribution in [-0.2, 0) is 19.1 Å². The summed E-state index contributed by atoms with van der Waals surface area (Å²) in [6, 6.07) is 4.95. The zero-order valence-corrected chi connectivity index (χ0v) is 23.4. The summed E-state index contributed by atoms with van der Waals surface area (Å²) in [5, 5.41) is 5.66. The fourth-order valence-electron chi connectivity index (χ4n) is 4.62. The Hall–Kier alpha value is -3.02. The molecule has 1 amide bonds. The van der Waals surface area contributed by atoms with E-state index in [-0.39, 0.29) is 18.4 Å². The van der Waals surface area contributed by atoms with Crippen LogP contribution >= 0.6 is 11.8 Å². The van der Waals surface area contributed by atoms with Crippen molar-refractivity contribution in [2.24, 2.45) is 4.99 Å². The number of amides is 1. The molecule has 0 saturated carbocycles. The maximum atomic E-state index is 13.4. The lowest BCUT2D eigenvalue weighted by Gasteiger charge is -2.36. The van der Waals surface area contributed by atoms with Crippen molar-refractivity contribution in [3.8, 4) is 11.5 Å². The van der Waals surface area contributed by atoms with Crippen LogP contribution in [-0.4, -0.2) is 86.6 Å². The van der Waals surface area contributed by atoms with Crippen LogP contribution in [0.4, 0.5) is 0 Å². The highest BCUT2D eigenvalue weighted by Crippen LogP contribution is 2.46. The van der Waals surface area contributed by atoms with Gasteiger partial charge in [-0.15, -0.1) is 0 Å². The molecule has 4 rings (SSSR count). The Labute approximate surface area is 228 Å². The molecule has 3 aliphatic heterocycles. The molecule has 1 aromatic carbocycles. The Morgan fingerprint density at radius 2 is 1.84 bits per heavy atom. The monoisotopic (exact) mass is 544 g/mol. The van der Waals surface area contributed by atoms with E-state index in [2.05, 4.69) is 10.2 Å². The van der Waals surface area contributed by atoms with Crippen molar-refractivity contribution >= 4 is 28.8 Å². The van der Waals surface area contributed by atoms with Gasteiger partial charge in [0.15, 0.2) is 5.17 Å². The number of aliphatic imine (C=N–C) groups is 1. The van der Waals surface area contributed by atoms with Crippen LogP contribution in [0.2, 0.25) is 0 Å². The molecule has 3 aliphatic rings. The molecule has 0 radical (unpaired) electrons. The number of benzene rings is 1. The Morgan fingerprint density at radius 1 is 1.16 bits per heavy atom. The number of hydrogen-bond acceptors (Lipinski definition) is 10. The van der Waals surface area contributed by atoms with E-state index in [1.807, 2.05) is 43.2 Å². The van der Waals surface area contributed by atoms with Crippen LogP contribution in [0, 0.1) is 0 Å². The first-order valence-corrected chi connectivity index (χ1v) is 13.6. The van der Waals surface area contributed by atoms with Gasteiger partial charge in [0.1, 0.15) is 11.5 Å². The minimum absolute atomic E-state index is 0.0917. The third kappa shape index (κ3) is 6.51. The Balaban J connectivity index is 1.60. The summed E-state index contributed by atoms with van der Waals surface area (Å²) in [6.45, 7) is 9.96. The fraction of sp³-hybridized carbons (Fsp3) is 0.519. The second-order valence-corrected chi connectivity index (χ2v) is 10.3. The van der Waals surface area contributed by atoms with Crippen molar-refractivity contribution in [2.75, 3.05) is 53.6 Å². The van der Waals surface area contributed by atoms with E-state index in [4.69, 9.17) is 23.9 Å². The number of rotatable bonds is 10. The van der Waals surface area contributed by atoms with E-state index in [9.17, 15) is 9.59 Å². The maximum Gasteiger partial charge on any atom is 0.338 e. The van der Waals surface area contributed by atoms with Crippen molar-refractivity contribution in [3.05, 3.63) is 46.1 Å². The SMILES string of the molecule is COc1cc(OC)cc(C2C(C(=O)OC(C)C)=C(C)N=C3SC=C(CC(=O)NCCN4CCOCC4)N32)c1. The van der Waals surface area contributed by atoms with E-state index < -0.39 is 12.0 Å². The third-order valence-electron chi connectivity index (χ3n) is 6.45. The quantitative estimate of drug-likeness (QED) is 0.445. The number of fused-ring (bicyclic) bond motifs is 1. The third-order valence-corrected chi connectivity index (χ3v) is 7.34. The van der Waals surface area contributed by atoms with Crippen LogP contribution < -0.4 is 14.8 Å². The zero-order chi connectivity index (χ0) is 27.2. The molecule has 1 saturated heterocycles. The smallest absolute Gasteiger partial charge is 0.338 e. The van der Waals surface area contributed by atoms with Crippen LogP contribution in [0.25, 0.3) is 0 Å². The summed E-state index contributed by atoms with van der Waals surface area (Å²) in [6.07, 6.45) is -0.146. The van der Waals surface area contributed by atoms with Crippen molar-refractivity contribution in [1.29, 1.82) is 0 Å². The zero-order valence-electron chi connectivity index (χ0n) is 22.6. The number of nitrogens with zero attached hydrogens (tertiary/aromatic N) is 3. The van der Waals surface area contributed by atoms with E-state index >= 15 is 0 Å². The maximum absolute atomic E-state index is 13.4. The number of carbonyl (C=O) groups excluding carboxylic acids is 2. The van der Waals surface area contributed by atoms with Gasteiger partial charge in [0, 0.05) is 37.9 Å². The molecule has 1 N–H and O–H groups in total. The molecule has 1 unspecified atom stereocenters. The molecule has 3 heterocycles. The molecule has 0 aromatic heterocycles. The number of allylic oxidation sites excluding steroid dienone is 1. The first-order valence-electron chi connectivity index (χ1n) is 12.8. The topological polar surface area (TPSA) is 102 Å². The van der Waals surface area contributed by atoms with Gasteiger partial charge in [-0.1, -0.05) is 11.8 Å². The van der Waals surface area contributed by atoms with Gasteiger partial charge in [-0.2, -0.15) is 0 Å². The lowest BCUT2D eigenvalue weighted by molar-refractivity contribution is -0.143. The molecule has 10 nitrogen and oxygen atoms in total. The van der Waals surface area contributed by atoms with Crippen LogP contribution in [0.15, 0.2) is 45.6 Å². The largest absolute Gasteiger partial charge is 0.497 e. The van der Waals surface area contributed by atoms with E-state index in [1.165, 1.54) is 11.8 Å². The highest BCUT2D eigenvalue weighted by molar-refractivity contribution is 8.16. The molecule has 0 bridgehead atoms. The molecule has 0 spiro atoms. The molecular weight excluding hydrogens is 508 g/mol. The summed E-state index contributed by atoms with van der Waals surface area (Å²) >= 11 is 1.44. The number of thioether (sulfide) groups is 1. The molecule has 206 valence electrons. The van der Waals surface area contributed by atoms with Gasteiger partial charge in [-0.3, -0.25) is 9.69 Å². The lowest BCUT2D eigenvalue weighted by Crippen LogP contribution is -2.42. The standard InChI is InChI=1S/C27H36N4O6S/c1-17(2)37-26(33)24-18(3)29-27-31(25(24)19-12-21(34-4)15-22(13-19)35-5)20(16-38-27)14-23(32)28-6-7-30-8-10-36-11-9-30/h12-13,15-17,25H,6-11,14H2,1-5H3,(H,28,32). The van der Waals surface area contributed by atoms with Crippen LogP contribution in [0.1, 0.15) is 38.8 Å². The van der Waals surface area contributed by atoms with Crippen molar-refractivity contribution in [3.63, 3.8) is 0 Å². The minimum atomic E-state index is -0.569.